The lowest BCUT2D eigenvalue weighted by Gasteiger charge is -2.28. The van der Waals surface area contributed by atoms with Crippen LogP contribution in [-0.4, -0.2) is 43.2 Å². The highest BCUT2D eigenvalue weighted by atomic mass is 32.1. The van der Waals surface area contributed by atoms with E-state index in [1.54, 1.807) is 0 Å². The molecule has 0 aromatic rings. The van der Waals surface area contributed by atoms with Crippen LogP contribution in [0.15, 0.2) is 0 Å². The summed E-state index contributed by atoms with van der Waals surface area (Å²) >= 11 is 4.02. The smallest absolute Gasteiger partial charge is 0.220 e. The number of amides is 1. The first kappa shape index (κ1) is 11.9. The molecule has 1 saturated heterocycles. The topological polar surface area (TPSA) is 32.3 Å². The summed E-state index contributed by atoms with van der Waals surface area (Å²) in [7, 11) is 2.15. The minimum atomic E-state index is 0.138. The zero-order chi connectivity index (χ0) is 10.4. The number of carbonyl (C=O) groups is 1. The van der Waals surface area contributed by atoms with Gasteiger partial charge in [-0.15, -0.1) is 0 Å². The van der Waals surface area contributed by atoms with Gasteiger partial charge in [0.2, 0.25) is 5.91 Å². The molecule has 1 aliphatic heterocycles. The number of rotatable bonds is 4. The summed E-state index contributed by atoms with van der Waals surface area (Å²) < 4.78 is 0. The molecule has 0 unspecified atom stereocenters. The van der Waals surface area contributed by atoms with E-state index in [2.05, 4.69) is 29.9 Å². The second-order valence-electron chi connectivity index (χ2n) is 4.02. The number of thiol groups is 1. The lowest BCUT2D eigenvalue weighted by atomic mass is 9.97. The van der Waals surface area contributed by atoms with E-state index in [1.165, 1.54) is 12.8 Å². The molecular weight excluding hydrogens is 196 g/mol. The maximum Gasteiger partial charge on any atom is 0.220 e. The molecule has 1 heterocycles. The Balaban J connectivity index is 2.09. The average molecular weight is 216 g/mol. The van der Waals surface area contributed by atoms with E-state index < -0.39 is 0 Å². The molecule has 0 atom stereocenters. The fraction of sp³-hybridized carbons (Fsp3) is 0.900. The van der Waals surface area contributed by atoms with E-state index in [0.717, 1.165) is 19.6 Å². The van der Waals surface area contributed by atoms with Crippen LogP contribution in [0.25, 0.3) is 0 Å². The summed E-state index contributed by atoms with van der Waals surface area (Å²) in [5, 5.41) is 2.96. The zero-order valence-electron chi connectivity index (χ0n) is 8.83. The molecule has 1 fully saturated rings. The Bertz CT molecular complexity index is 179. The Morgan fingerprint density at radius 2 is 2.14 bits per heavy atom. The Hall–Kier alpha value is -0.220. The van der Waals surface area contributed by atoms with Crippen LogP contribution in [0.1, 0.15) is 19.3 Å². The van der Waals surface area contributed by atoms with Gasteiger partial charge in [0.1, 0.15) is 0 Å². The highest BCUT2D eigenvalue weighted by Gasteiger charge is 2.16. The molecule has 0 saturated carbocycles. The lowest BCUT2D eigenvalue weighted by molar-refractivity contribution is -0.120. The van der Waals surface area contributed by atoms with Crippen molar-refractivity contribution in [3.05, 3.63) is 0 Å². The summed E-state index contributed by atoms with van der Waals surface area (Å²) in [6.45, 7) is 3.17. The van der Waals surface area contributed by atoms with Crippen molar-refractivity contribution in [1.29, 1.82) is 0 Å². The molecular formula is C10H20N2OS. The normalized spacial score (nSPS) is 19.6. The molecule has 0 bridgehead atoms. The fourth-order valence-electron chi connectivity index (χ4n) is 1.71. The Labute approximate surface area is 91.6 Å². The Morgan fingerprint density at radius 3 is 2.71 bits per heavy atom. The first-order chi connectivity index (χ1) is 6.72. The quantitative estimate of drug-likeness (QED) is 0.680. The van der Waals surface area contributed by atoms with Gasteiger partial charge in [-0.05, 0) is 44.6 Å². The van der Waals surface area contributed by atoms with Gasteiger partial charge in [0.25, 0.3) is 0 Å². The Kier molecular flexibility index (Phi) is 5.33. The van der Waals surface area contributed by atoms with Gasteiger partial charge in [0.05, 0.1) is 0 Å². The predicted molar refractivity (Wildman–Crippen MR) is 61.7 cm³/mol. The number of nitrogens with one attached hydrogen (secondary N) is 1. The number of hydrogen-bond donors (Lipinski definition) is 2. The third kappa shape index (κ3) is 4.33. The van der Waals surface area contributed by atoms with Crippen LogP contribution in [0, 0.1) is 5.92 Å². The number of piperidine rings is 1. The van der Waals surface area contributed by atoms with E-state index in [0.29, 0.717) is 18.1 Å². The van der Waals surface area contributed by atoms with Gasteiger partial charge < -0.3 is 10.2 Å². The first-order valence-electron chi connectivity index (χ1n) is 5.28. The average Bonchev–Trinajstić information content (AvgIpc) is 2.17. The van der Waals surface area contributed by atoms with Gasteiger partial charge in [-0.25, -0.2) is 0 Å². The van der Waals surface area contributed by atoms with Gasteiger partial charge in [-0.3, -0.25) is 4.79 Å². The van der Waals surface area contributed by atoms with Crippen LogP contribution in [0.4, 0.5) is 0 Å². The SMILES string of the molecule is CN1CCC(CNC(=O)CCS)CC1. The van der Waals surface area contributed by atoms with E-state index in [4.69, 9.17) is 0 Å². The van der Waals surface area contributed by atoms with Crippen molar-refractivity contribution in [2.24, 2.45) is 5.92 Å². The zero-order valence-corrected chi connectivity index (χ0v) is 9.72. The monoisotopic (exact) mass is 216 g/mol. The number of nitrogens with zero attached hydrogens (tertiary/aromatic N) is 1. The molecule has 3 nitrogen and oxygen atoms in total. The molecule has 0 radical (unpaired) electrons. The molecule has 1 aliphatic rings. The van der Waals surface area contributed by atoms with Crippen molar-refractivity contribution in [3.8, 4) is 0 Å². The number of likely N-dealkylation sites (tertiary alicyclic amines) is 1. The Morgan fingerprint density at radius 1 is 1.50 bits per heavy atom. The van der Waals surface area contributed by atoms with Gasteiger partial charge in [-0.2, -0.15) is 12.6 Å². The maximum atomic E-state index is 11.2. The molecule has 1 amide bonds. The second-order valence-corrected chi connectivity index (χ2v) is 4.47. The largest absolute Gasteiger partial charge is 0.356 e. The fourth-order valence-corrected chi connectivity index (χ4v) is 1.92. The standard InChI is InChI=1S/C10H20N2OS/c1-12-5-2-9(3-6-12)8-11-10(13)4-7-14/h9,14H,2-8H2,1H3,(H,11,13). The summed E-state index contributed by atoms with van der Waals surface area (Å²) in [5.41, 5.74) is 0. The molecule has 0 aromatic carbocycles. The van der Waals surface area contributed by atoms with Crippen LogP contribution >= 0.6 is 12.6 Å². The molecule has 1 rings (SSSR count). The minimum Gasteiger partial charge on any atom is -0.356 e. The summed E-state index contributed by atoms with van der Waals surface area (Å²) in [6, 6.07) is 0. The van der Waals surface area contributed by atoms with Crippen LogP contribution in [0.3, 0.4) is 0 Å². The van der Waals surface area contributed by atoms with Crippen LogP contribution in [0.2, 0.25) is 0 Å². The minimum absolute atomic E-state index is 0.138. The van der Waals surface area contributed by atoms with Crippen molar-refractivity contribution in [2.75, 3.05) is 32.4 Å². The maximum absolute atomic E-state index is 11.2. The van der Waals surface area contributed by atoms with Crippen LogP contribution in [-0.2, 0) is 4.79 Å². The number of carbonyl (C=O) groups excluding carboxylic acids is 1. The molecule has 14 heavy (non-hydrogen) atoms. The van der Waals surface area contributed by atoms with Crippen molar-refractivity contribution >= 4 is 18.5 Å². The van der Waals surface area contributed by atoms with Crippen molar-refractivity contribution in [2.45, 2.75) is 19.3 Å². The van der Waals surface area contributed by atoms with Gasteiger partial charge in [0.15, 0.2) is 0 Å². The molecule has 82 valence electrons. The van der Waals surface area contributed by atoms with Gasteiger partial charge in [0, 0.05) is 13.0 Å². The lowest BCUT2D eigenvalue weighted by Crippen LogP contribution is -2.36. The van der Waals surface area contributed by atoms with Crippen molar-refractivity contribution < 1.29 is 4.79 Å². The third-order valence-corrected chi connectivity index (χ3v) is 2.99. The van der Waals surface area contributed by atoms with E-state index in [-0.39, 0.29) is 5.91 Å². The molecule has 1 N–H and O–H groups in total. The third-order valence-electron chi connectivity index (χ3n) is 2.76. The molecule has 0 aliphatic carbocycles. The van der Waals surface area contributed by atoms with Crippen molar-refractivity contribution in [3.63, 3.8) is 0 Å². The predicted octanol–water partition coefficient (Wildman–Crippen LogP) is 0.764. The van der Waals surface area contributed by atoms with Gasteiger partial charge >= 0.3 is 0 Å². The molecule has 0 spiro atoms. The summed E-state index contributed by atoms with van der Waals surface area (Å²) in [4.78, 5) is 13.5. The van der Waals surface area contributed by atoms with Crippen molar-refractivity contribution in [1.82, 2.24) is 10.2 Å². The van der Waals surface area contributed by atoms with Gasteiger partial charge in [-0.1, -0.05) is 0 Å². The molecule has 4 heteroatoms. The molecule has 0 aromatic heterocycles. The van der Waals surface area contributed by atoms with E-state index >= 15 is 0 Å². The first-order valence-corrected chi connectivity index (χ1v) is 5.91. The summed E-state index contributed by atoms with van der Waals surface area (Å²) in [6.07, 6.45) is 2.95. The summed E-state index contributed by atoms with van der Waals surface area (Å²) in [5.74, 6) is 1.45. The van der Waals surface area contributed by atoms with E-state index in [1.807, 2.05) is 0 Å². The van der Waals surface area contributed by atoms with E-state index in [9.17, 15) is 4.79 Å². The van der Waals surface area contributed by atoms with Crippen LogP contribution < -0.4 is 5.32 Å². The second kappa shape index (κ2) is 6.30. The number of hydrogen-bond acceptors (Lipinski definition) is 3. The van der Waals surface area contributed by atoms with Crippen LogP contribution in [0.5, 0.6) is 0 Å². The highest BCUT2D eigenvalue weighted by Crippen LogP contribution is 2.14. The highest BCUT2D eigenvalue weighted by molar-refractivity contribution is 7.80.